The summed E-state index contributed by atoms with van der Waals surface area (Å²) in [7, 11) is 0. The maximum Gasteiger partial charge on any atom is 0.424 e. The summed E-state index contributed by atoms with van der Waals surface area (Å²) in [6.07, 6.45) is -1.85. The second kappa shape index (κ2) is 3.85. The number of hydrogen-bond donors (Lipinski definition) is 1. The van der Waals surface area contributed by atoms with Crippen LogP contribution in [0.4, 0.5) is 13.2 Å². The quantitative estimate of drug-likeness (QED) is 0.873. The normalized spacial score (nSPS) is 21.2. The van der Waals surface area contributed by atoms with Crippen LogP contribution in [0, 0.1) is 0 Å². The van der Waals surface area contributed by atoms with Crippen molar-refractivity contribution in [3.05, 3.63) is 24.3 Å². The summed E-state index contributed by atoms with van der Waals surface area (Å²) in [4.78, 5) is 3.82. The summed E-state index contributed by atoms with van der Waals surface area (Å²) < 4.78 is 42.2. The van der Waals surface area contributed by atoms with Crippen LogP contribution in [0.1, 0.15) is 25.7 Å². The van der Waals surface area contributed by atoms with Crippen LogP contribution in [0.25, 0.3) is 11.4 Å². The van der Waals surface area contributed by atoms with Gasteiger partial charge in [-0.25, -0.2) is 4.98 Å². The molecule has 0 aliphatic carbocycles. The van der Waals surface area contributed by atoms with Gasteiger partial charge in [-0.3, -0.25) is 4.68 Å². The first-order valence-electron chi connectivity index (χ1n) is 6.12. The number of aliphatic hydroxyl groups is 1. The largest absolute Gasteiger partial charge is 0.424 e. The molecular weight excluding hydrogens is 273 g/mol. The van der Waals surface area contributed by atoms with E-state index in [1.54, 1.807) is 23.9 Å². The zero-order valence-electron chi connectivity index (χ0n) is 10.9. The van der Waals surface area contributed by atoms with Crippen LogP contribution in [0.5, 0.6) is 0 Å². The topological polar surface area (TPSA) is 55.9 Å². The molecule has 1 aliphatic rings. The Kier molecular flexibility index (Phi) is 2.53. The molecule has 0 aromatic carbocycles. The van der Waals surface area contributed by atoms with Gasteiger partial charge in [-0.1, -0.05) is 0 Å². The standard InChI is InChI=1S/C12H13F3N4O/c1-7-6-18-8(3-4-17-18)9-5-16-10(19(7)9)11(2,20)12(13,14)15/h3-5,7,20H,6H2,1-2H3/t7-,11+/m0/s1. The van der Waals surface area contributed by atoms with E-state index in [2.05, 4.69) is 10.1 Å². The highest BCUT2D eigenvalue weighted by atomic mass is 19.4. The van der Waals surface area contributed by atoms with Gasteiger partial charge in [0.2, 0.25) is 5.60 Å². The van der Waals surface area contributed by atoms with E-state index < -0.39 is 11.8 Å². The number of hydrogen-bond acceptors (Lipinski definition) is 3. The molecule has 0 fully saturated rings. The van der Waals surface area contributed by atoms with Crippen molar-refractivity contribution in [2.24, 2.45) is 0 Å². The van der Waals surface area contributed by atoms with Crippen molar-refractivity contribution in [1.82, 2.24) is 19.3 Å². The second-order valence-electron chi connectivity index (χ2n) is 5.15. The molecule has 0 saturated carbocycles. The van der Waals surface area contributed by atoms with Crippen LogP contribution in [0.3, 0.4) is 0 Å². The summed E-state index contributed by atoms with van der Waals surface area (Å²) in [5, 5.41) is 14.0. The van der Waals surface area contributed by atoms with E-state index >= 15 is 0 Å². The lowest BCUT2D eigenvalue weighted by molar-refractivity contribution is -0.262. The van der Waals surface area contributed by atoms with Crippen LogP contribution in [0.2, 0.25) is 0 Å². The van der Waals surface area contributed by atoms with Crippen LogP contribution in [-0.2, 0) is 12.1 Å². The zero-order chi connectivity index (χ0) is 14.7. The Morgan fingerprint density at radius 3 is 2.70 bits per heavy atom. The first-order valence-corrected chi connectivity index (χ1v) is 6.12. The third-order valence-electron chi connectivity index (χ3n) is 3.64. The molecular formula is C12H13F3N4O. The number of nitrogens with zero attached hydrogens (tertiary/aromatic N) is 4. The predicted octanol–water partition coefficient (Wildman–Crippen LogP) is 2.09. The van der Waals surface area contributed by atoms with E-state index in [9.17, 15) is 18.3 Å². The third-order valence-corrected chi connectivity index (χ3v) is 3.64. The maximum absolute atomic E-state index is 13.0. The molecule has 0 spiro atoms. The fourth-order valence-electron chi connectivity index (χ4n) is 2.51. The molecule has 2 aromatic rings. The fraction of sp³-hybridized carbons (Fsp3) is 0.500. The average molecular weight is 286 g/mol. The van der Waals surface area contributed by atoms with Crippen molar-refractivity contribution >= 4 is 0 Å². The Labute approximate surface area is 112 Å². The maximum atomic E-state index is 13.0. The molecule has 1 N–H and O–H groups in total. The Hall–Kier alpha value is -1.83. The molecule has 2 atom stereocenters. The minimum atomic E-state index is -4.79. The van der Waals surface area contributed by atoms with Gasteiger partial charge in [-0.2, -0.15) is 18.3 Å². The molecule has 3 rings (SSSR count). The van der Waals surface area contributed by atoms with E-state index in [-0.39, 0.29) is 11.9 Å². The summed E-state index contributed by atoms with van der Waals surface area (Å²) in [6, 6.07) is 1.44. The SMILES string of the molecule is C[C@H]1Cn2nccc2-c2cnc([C@@](C)(O)C(F)(F)F)n21. The van der Waals surface area contributed by atoms with Crippen molar-refractivity contribution in [2.75, 3.05) is 0 Å². The summed E-state index contributed by atoms with van der Waals surface area (Å²) in [5.74, 6) is -0.389. The van der Waals surface area contributed by atoms with E-state index in [1.807, 2.05) is 0 Å². The highest BCUT2D eigenvalue weighted by Gasteiger charge is 2.54. The molecule has 1 aliphatic heterocycles. The lowest BCUT2D eigenvalue weighted by Gasteiger charge is -2.31. The molecule has 0 bridgehead atoms. The van der Waals surface area contributed by atoms with Crippen LogP contribution < -0.4 is 0 Å². The van der Waals surface area contributed by atoms with Crippen LogP contribution in [-0.4, -0.2) is 30.6 Å². The first-order chi connectivity index (χ1) is 9.23. The molecule has 2 aromatic heterocycles. The van der Waals surface area contributed by atoms with Crippen molar-refractivity contribution in [3.8, 4) is 11.4 Å². The van der Waals surface area contributed by atoms with Crippen molar-refractivity contribution < 1.29 is 18.3 Å². The minimum Gasteiger partial charge on any atom is -0.374 e. The zero-order valence-corrected chi connectivity index (χ0v) is 10.9. The Morgan fingerprint density at radius 2 is 2.05 bits per heavy atom. The number of aromatic nitrogens is 4. The van der Waals surface area contributed by atoms with Gasteiger partial charge in [0.1, 0.15) is 0 Å². The van der Waals surface area contributed by atoms with Gasteiger partial charge in [0.15, 0.2) is 5.82 Å². The Bertz CT molecular complexity index is 656. The average Bonchev–Trinajstić information content (AvgIpc) is 2.91. The van der Waals surface area contributed by atoms with E-state index in [0.717, 1.165) is 6.92 Å². The molecule has 8 heteroatoms. The highest BCUT2D eigenvalue weighted by Crippen LogP contribution is 2.41. The number of imidazole rings is 1. The third kappa shape index (κ3) is 1.60. The molecule has 20 heavy (non-hydrogen) atoms. The van der Waals surface area contributed by atoms with E-state index in [1.165, 1.54) is 10.8 Å². The van der Waals surface area contributed by atoms with E-state index in [4.69, 9.17) is 0 Å². The van der Waals surface area contributed by atoms with Gasteiger partial charge < -0.3 is 9.67 Å². The molecule has 5 nitrogen and oxygen atoms in total. The van der Waals surface area contributed by atoms with Crippen molar-refractivity contribution in [1.29, 1.82) is 0 Å². The van der Waals surface area contributed by atoms with Gasteiger partial charge in [0, 0.05) is 6.20 Å². The number of fused-ring (bicyclic) bond motifs is 3. The summed E-state index contributed by atoms with van der Waals surface area (Å²) in [5.41, 5.74) is -1.76. The first kappa shape index (κ1) is 13.2. The molecule has 0 unspecified atom stereocenters. The molecule has 3 heterocycles. The smallest absolute Gasteiger partial charge is 0.374 e. The molecule has 0 saturated heterocycles. The summed E-state index contributed by atoms with van der Waals surface area (Å²) >= 11 is 0. The molecule has 0 radical (unpaired) electrons. The van der Waals surface area contributed by atoms with Crippen LogP contribution >= 0.6 is 0 Å². The minimum absolute atomic E-state index is 0.274. The van der Waals surface area contributed by atoms with Gasteiger partial charge >= 0.3 is 6.18 Å². The Balaban J connectivity index is 2.20. The molecule has 0 amide bonds. The van der Waals surface area contributed by atoms with Gasteiger partial charge in [0.05, 0.1) is 30.2 Å². The monoisotopic (exact) mass is 286 g/mol. The predicted molar refractivity (Wildman–Crippen MR) is 63.8 cm³/mol. The van der Waals surface area contributed by atoms with Crippen molar-refractivity contribution in [3.63, 3.8) is 0 Å². The van der Waals surface area contributed by atoms with Gasteiger partial charge in [-0.15, -0.1) is 0 Å². The number of alkyl halides is 3. The molecule has 108 valence electrons. The lowest BCUT2D eigenvalue weighted by Crippen LogP contribution is -2.42. The van der Waals surface area contributed by atoms with E-state index in [0.29, 0.717) is 17.9 Å². The lowest BCUT2D eigenvalue weighted by atomic mass is 10.0. The van der Waals surface area contributed by atoms with Gasteiger partial charge in [0.25, 0.3) is 0 Å². The highest BCUT2D eigenvalue weighted by molar-refractivity contribution is 5.56. The number of rotatable bonds is 1. The van der Waals surface area contributed by atoms with Gasteiger partial charge in [-0.05, 0) is 19.9 Å². The Morgan fingerprint density at radius 1 is 1.35 bits per heavy atom. The van der Waals surface area contributed by atoms with Crippen LogP contribution in [0.15, 0.2) is 18.5 Å². The second-order valence-corrected chi connectivity index (χ2v) is 5.15. The van der Waals surface area contributed by atoms with Crippen molar-refractivity contribution in [2.45, 2.75) is 38.2 Å². The summed E-state index contributed by atoms with van der Waals surface area (Å²) in [6.45, 7) is 2.93. The fourth-order valence-corrected chi connectivity index (χ4v) is 2.51. The number of halogens is 3.